The largest absolute Gasteiger partial charge is 0.351 e. The zero-order chi connectivity index (χ0) is 16.9. The number of halogens is 1. The third-order valence-corrected chi connectivity index (χ3v) is 4.41. The molecule has 3 aromatic rings. The topological polar surface area (TPSA) is 59.5 Å². The van der Waals surface area contributed by atoms with Crippen LogP contribution in [-0.4, -0.2) is 38.1 Å². The van der Waals surface area contributed by atoms with Crippen molar-refractivity contribution >= 4 is 28.6 Å². The molecular weight excluding hydrogens is 324 g/mol. The monoisotopic (exact) mass is 342 g/mol. The van der Waals surface area contributed by atoms with Crippen LogP contribution in [0.15, 0.2) is 24.3 Å². The van der Waals surface area contributed by atoms with Crippen LogP contribution < -0.4 is 4.90 Å². The summed E-state index contributed by atoms with van der Waals surface area (Å²) in [5.74, 6) is 1.69. The van der Waals surface area contributed by atoms with Gasteiger partial charge in [0.2, 0.25) is 0 Å². The molecule has 7 heteroatoms. The molecule has 1 aromatic carbocycles. The minimum atomic E-state index is -0.140. The molecule has 6 nitrogen and oxygen atoms in total. The molecule has 0 spiro atoms. The molecule has 0 aliphatic carbocycles. The van der Waals surface area contributed by atoms with Crippen molar-refractivity contribution in [1.82, 2.24) is 25.0 Å². The molecular formula is C17H19ClN6. The number of fused-ring (bicyclic) bond motifs is 1. The maximum atomic E-state index is 6.29. The minimum absolute atomic E-state index is 0.140. The molecule has 0 N–H and O–H groups in total. The Bertz CT molecular complexity index is 907. The summed E-state index contributed by atoms with van der Waals surface area (Å²) in [7, 11) is 0. The van der Waals surface area contributed by atoms with Gasteiger partial charge >= 0.3 is 0 Å². The van der Waals surface area contributed by atoms with Crippen LogP contribution in [0.4, 0.5) is 5.82 Å². The second-order valence-corrected chi connectivity index (χ2v) is 7.53. The quantitative estimate of drug-likeness (QED) is 0.685. The summed E-state index contributed by atoms with van der Waals surface area (Å²) >= 11 is 6.29. The fraction of sp³-hybridized carbons (Fsp3) is 0.412. The molecule has 0 atom stereocenters. The summed E-state index contributed by atoms with van der Waals surface area (Å²) in [4.78, 5) is 11.7. The first-order chi connectivity index (χ1) is 11.4. The lowest BCUT2D eigenvalue weighted by atomic mass is 9.96. The molecule has 0 saturated carbocycles. The van der Waals surface area contributed by atoms with Crippen molar-refractivity contribution in [3.63, 3.8) is 0 Å². The zero-order valence-corrected chi connectivity index (χ0v) is 14.7. The van der Waals surface area contributed by atoms with Crippen LogP contribution in [0.3, 0.4) is 0 Å². The highest BCUT2D eigenvalue weighted by Gasteiger charge is 2.29. The summed E-state index contributed by atoms with van der Waals surface area (Å²) in [6.07, 6.45) is 0. The molecule has 2 aromatic heterocycles. The molecule has 4 rings (SSSR count). The summed E-state index contributed by atoms with van der Waals surface area (Å²) in [6.45, 7) is 8.89. The van der Waals surface area contributed by atoms with Crippen molar-refractivity contribution in [3.05, 3.63) is 40.7 Å². The predicted molar refractivity (Wildman–Crippen MR) is 94.6 cm³/mol. The van der Waals surface area contributed by atoms with Gasteiger partial charge in [0, 0.05) is 23.5 Å². The Hall–Kier alpha value is -2.21. The number of anilines is 1. The predicted octanol–water partition coefficient (Wildman–Crippen LogP) is 3.04. The highest BCUT2D eigenvalue weighted by molar-refractivity contribution is 6.31. The third-order valence-electron chi connectivity index (χ3n) is 4.04. The number of nitrogens with zero attached hydrogens (tertiary/aromatic N) is 6. The summed E-state index contributed by atoms with van der Waals surface area (Å²) in [5.41, 5.74) is 2.37. The molecule has 0 bridgehead atoms. The molecule has 1 aliphatic heterocycles. The lowest BCUT2D eigenvalue weighted by Gasteiger charge is -2.17. The van der Waals surface area contributed by atoms with E-state index >= 15 is 0 Å². The van der Waals surface area contributed by atoms with Gasteiger partial charge in [-0.2, -0.15) is 0 Å². The van der Waals surface area contributed by atoms with Gasteiger partial charge in [-0.05, 0) is 11.6 Å². The Labute approximate surface area is 145 Å². The molecule has 3 heterocycles. The van der Waals surface area contributed by atoms with Gasteiger partial charge in [0.05, 0.1) is 6.54 Å². The fourth-order valence-electron chi connectivity index (χ4n) is 2.55. The number of rotatable bonds is 3. The normalized spacial score (nSPS) is 14.4. The highest BCUT2D eigenvalue weighted by Crippen LogP contribution is 2.30. The van der Waals surface area contributed by atoms with Gasteiger partial charge in [-0.25, -0.2) is 14.6 Å². The standard InChI is InChI=1S/C17H19ClN6/c1-17(2,3)16-19-14(23-8-9-23)13-15(20-16)24(22-21-13)10-11-6-4-5-7-12(11)18/h4-7H,8-10H2,1-3H3. The molecule has 124 valence electrons. The van der Waals surface area contributed by atoms with Crippen molar-refractivity contribution in [2.75, 3.05) is 18.0 Å². The van der Waals surface area contributed by atoms with Gasteiger partial charge in [0.15, 0.2) is 17.0 Å². The summed E-state index contributed by atoms with van der Waals surface area (Å²) in [5, 5.41) is 9.36. The van der Waals surface area contributed by atoms with Crippen molar-refractivity contribution in [2.45, 2.75) is 32.7 Å². The molecule has 1 fully saturated rings. The van der Waals surface area contributed by atoms with E-state index in [2.05, 4.69) is 36.0 Å². The maximum Gasteiger partial charge on any atom is 0.184 e. The zero-order valence-electron chi connectivity index (χ0n) is 14.0. The van der Waals surface area contributed by atoms with E-state index in [0.717, 1.165) is 46.5 Å². The first-order valence-electron chi connectivity index (χ1n) is 8.03. The van der Waals surface area contributed by atoms with E-state index in [1.165, 1.54) is 0 Å². The van der Waals surface area contributed by atoms with Crippen LogP contribution >= 0.6 is 11.6 Å². The first kappa shape index (κ1) is 15.3. The average molecular weight is 343 g/mol. The van der Waals surface area contributed by atoms with Crippen LogP contribution in [-0.2, 0) is 12.0 Å². The van der Waals surface area contributed by atoms with Crippen LogP contribution in [0.25, 0.3) is 11.2 Å². The van der Waals surface area contributed by atoms with Crippen molar-refractivity contribution in [1.29, 1.82) is 0 Å². The van der Waals surface area contributed by atoms with E-state index < -0.39 is 0 Å². The van der Waals surface area contributed by atoms with E-state index in [-0.39, 0.29) is 5.41 Å². The Morgan fingerprint density at radius 3 is 2.54 bits per heavy atom. The van der Waals surface area contributed by atoms with E-state index in [1.807, 2.05) is 24.3 Å². The number of hydrogen-bond acceptors (Lipinski definition) is 5. The second kappa shape index (κ2) is 5.41. The van der Waals surface area contributed by atoms with E-state index in [9.17, 15) is 0 Å². The fourth-order valence-corrected chi connectivity index (χ4v) is 2.75. The van der Waals surface area contributed by atoms with Crippen molar-refractivity contribution in [2.24, 2.45) is 0 Å². The summed E-state index contributed by atoms with van der Waals surface area (Å²) < 4.78 is 1.81. The lowest BCUT2D eigenvalue weighted by molar-refractivity contribution is 0.546. The van der Waals surface area contributed by atoms with Gasteiger partial charge in [0.1, 0.15) is 5.82 Å². The molecule has 0 amide bonds. The molecule has 0 unspecified atom stereocenters. The number of benzene rings is 1. The van der Waals surface area contributed by atoms with Gasteiger partial charge in [-0.15, -0.1) is 5.10 Å². The van der Waals surface area contributed by atoms with Crippen molar-refractivity contribution < 1.29 is 0 Å². The Morgan fingerprint density at radius 2 is 1.88 bits per heavy atom. The summed E-state index contributed by atoms with van der Waals surface area (Å²) in [6, 6.07) is 7.76. The smallest absolute Gasteiger partial charge is 0.184 e. The van der Waals surface area contributed by atoms with Gasteiger partial charge in [-0.1, -0.05) is 55.8 Å². The van der Waals surface area contributed by atoms with Crippen LogP contribution in [0, 0.1) is 0 Å². The van der Waals surface area contributed by atoms with Crippen molar-refractivity contribution in [3.8, 4) is 0 Å². The van der Waals surface area contributed by atoms with Crippen LogP contribution in [0.5, 0.6) is 0 Å². The highest BCUT2D eigenvalue weighted by atomic mass is 35.5. The van der Waals surface area contributed by atoms with Crippen LogP contribution in [0.2, 0.25) is 5.02 Å². The van der Waals surface area contributed by atoms with Gasteiger partial charge < -0.3 is 4.90 Å². The SMILES string of the molecule is CC(C)(C)c1nc(N2CC2)c2nnn(Cc3ccccc3Cl)c2n1. The van der Waals surface area contributed by atoms with Crippen LogP contribution in [0.1, 0.15) is 32.2 Å². The number of hydrogen-bond donors (Lipinski definition) is 0. The Balaban J connectivity index is 1.85. The van der Waals surface area contributed by atoms with E-state index in [1.54, 1.807) is 4.68 Å². The first-order valence-corrected chi connectivity index (χ1v) is 8.41. The van der Waals surface area contributed by atoms with E-state index in [4.69, 9.17) is 21.6 Å². The van der Waals surface area contributed by atoms with Gasteiger partial charge in [-0.3, -0.25) is 0 Å². The minimum Gasteiger partial charge on any atom is -0.351 e. The Morgan fingerprint density at radius 1 is 1.12 bits per heavy atom. The Kier molecular flexibility index (Phi) is 3.46. The molecule has 24 heavy (non-hydrogen) atoms. The second-order valence-electron chi connectivity index (χ2n) is 7.12. The third kappa shape index (κ3) is 2.71. The lowest BCUT2D eigenvalue weighted by Crippen LogP contribution is -2.18. The van der Waals surface area contributed by atoms with E-state index in [0.29, 0.717) is 6.54 Å². The molecule has 1 aliphatic rings. The average Bonchev–Trinajstić information content (AvgIpc) is 3.30. The molecule has 0 radical (unpaired) electrons. The van der Waals surface area contributed by atoms with Gasteiger partial charge in [0.25, 0.3) is 0 Å². The maximum absolute atomic E-state index is 6.29. The number of aromatic nitrogens is 5. The molecule has 1 saturated heterocycles.